The summed E-state index contributed by atoms with van der Waals surface area (Å²) in [6.07, 6.45) is -0.415. The minimum absolute atomic E-state index is 0. The van der Waals surface area contributed by atoms with Crippen molar-refractivity contribution in [1.82, 2.24) is 16.0 Å². The molecule has 0 fully saturated rings. The van der Waals surface area contributed by atoms with E-state index < -0.39 is 11.7 Å². The molecule has 1 rings (SSSR count). The molecule has 0 aromatic heterocycles. The molecule has 0 aliphatic heterocycles. The Morgan fingerprint density at radius 1 is 1.08 bits per heavy atom. The van der Waals surface area contributed by atoms with Crippen LogP contribution in [0.2, 0.25) is 0 Å². The van der Waals surface area contributed by atoms with Crippen molar-refractivity contribution in [3.63, 3.8) is 0 Å². The molecule has 0 aliphatic carbocycles. The van der Waals surface area contributed by atoms with Crippen molar-refractivity contribution >= 4 is 36.0 Å². The fourth-order valence-electron chi connectivity index (χ4n) is 1.77. The van der Waals surface area contributed by atoms with E-state index in [1.165, 1.54) is 11.1 Å². The topological polar surface area (TPSA) is 74.8 Å². The van der Waals surface area contributed by atoms with E-state index in [9.17, 15) is 4.79 Å². The number of benzene rings is 1. The molecule has 0 atom stereocenters. The molecule has 136 valence electrons. The SMILES string of the molecule is CN=C(NCCNC(=O)OC(C)(C)C)NCc1ccc(C)cc1.I. The maximum absolute atomic E-state index is 11.5. The number of carbonyl (C=O) groups excluding carboxylic acids is 1. The summed E-state index contributed by atoms with van der Waals surface area (Å²) in [6, 6.07) is 8.33. The molecule has 0 heterocycles. The van der Waals surface area contributed by atoms with E-state index in [4.69, 9.17) is 4.74 Å². The maximum Gasteiger partial charge on any atom is 0.407 e. The quantitative estimate of drug-likeness (QED) is 0.280. The maximum atomic E-state index is 11.5. The summed E-state index contributed by atoms with van der Waals surface area (Å²) in [5.41, 5.74) is 1.94. The van der Waals surface area contributed by atoms with Gasteiger partial charge in [-0.1, -0.05) is 29.8 Å². The predicted molar refractivity (Wildman–Crippen MR) is 109 cm³/mol. The molecule has 1 aromatic rings. The largest absolute Gasteiger partial charge is 0.444 e. The highest BCUT2D eigenvalue weighted by atomic mass is 127. The number of aryl methyl sites for hydroxylation is 1. The van der Waals surface area contributed by atoms with E-state index in [1.54, 1.807) is 7.05 Å². The summed E-state index contributed by atoms with van der Waals surface area (Å²) in [5.74, 6) is 0.691. The third-order valence-electron chi connectivity index (χ3n) is 2.89. The zero-order chi connectivity index (χ0) is 17.3. The number of nitrogens with one attached hydrogen (secondary N) is 3. The molecule has 1 aromatic carbocycles. The van der Waals surface area contributed by atoms with Gasteiger partial charge in [0.1, 0.15) is 5.60 Å². The number of halogens is 1. The van der Waals surface area contributed by atoms with Crippen LogP contribution in [0.4, 0.5) is 4.79 Å². The Morgan fingerprint density at radius 3 is 2.21 bits per heavy atom. The van der Waals surface area contributed by atoms with Crippen LogP contribution in [-0.2, 0) is 11.3 Å². The number of alkyl carbamates (subject to hydrolysis) is 1. The molecular weight excluding hydrogens is 419 g/mol. The molecule has 0 unspecified atom stereocenters. The van der Waals surface area contributed by atoms with E-state index in [-0.39, 0.29) is 24.0 Å². The second-order valence-corrected chi connectivity index (χ2v) is 6.27. The first-order valence-corrected chi connectivity index (χ1v) is 7.77. The highest BCUT2D eigenvalue weighted by Gasteiger charge is 2.15. The van der Waals surface area contributed by atoms with E-state index >= 15 is 0 Å². The smallest absolute Gasteiger partial charge is 0.407 e. The molecule has 1 amide bonds. The lowest BCUT2D eigenvalue weighted by Gasteiger charge is -2.20. The van der Waals surface area contributed by atoms with Crippen molar-refractivity contribution in [3.8, 4) is 0 Å². The third-order valence-corrected chi connectivity index (χ3v) is 2.89. The fraction of sp³-hybridized carbons (Fsp3) is 0.529. The molecule has 0 aliphatic rings. The first-order valence-electron chi connectivity index (χ1n) is 7.77. The Morgan fingerprint density at radius 2 is 1.67 bits per heavy atom. The van der Waals surface area contributed by atoms with Crippen LogP contribution < -0.4 is 16.0 Å². The zero-order valence-electron chi connectivity index (χ0n) is 15.1. The molecular formula is C17H29IN4O2. The first kappa shape index (κ1) is 22.5. The Balaban J connectivity index is 0.00000529. The minimum Gasteiger partial charge on any atom is -0.444 e. The Bertz CT molecular complexity index is 524. The van der Waals surface area contributed by atoms with E-state index in [1.807, 2.05) is 20.8 Å². The lowest BCUT2D eigenvalue weighted by molar-refractivity contribution is 0.0529. The summed E-state index contributed by atoms with van der Waals surface area (Å²) in [4.78, 5) is 15.7. The van der Waals surface area contributed by atoms with Crippen LogP contribution in [0.25, 0.3) is 0 Å². The summed E-state index contributed by atoms with van der Waals surface area (Å²) >= 11 is 0. The van der Waals surface area contributed by atoms with Crippen LogP contribution in [-0.4, -0.2) is 37.8 Å². The fourth-order valence-corrected chi connectivity index (χ4v) is 1.77. The lowest BCUT2D eigenvalue weighted by Crippen LogP contribution is -2.42. The molecule has 0 spiro atoms. The Kier molecular flexibility index (Phi) is 10.4. The summed E-state index contributed by atoms with van der Waals surface area (Å²) < 4.78 is 5.16. The number of hydrogen-bond acceptors (Lipinski definition) is 3. The predicted octanol–water partition coefficient (Wildman–Crippen LogP) is 2.80. The van der Waals surface area contributed by atoms with Crippen molar-refractivity contribution in [2.45, 2.75) is 39.8 Å². The van der Waals surface area contributed by atoms with Gasteiger partial charge in [0, 0.05) is 26.7 Å². The van der Waals surface area contributed by atoms with Crippen molar-refractivity contribution in [2.75, 3.05) is 20.1 Å². The van der Waals surface area contributed by atoms with Gasteiger partial charge in [-0.25, -0.2) is 4.79 Å². The molecule has 3 N–H and O–H groups in total. The van der Waals surface area contributed by atoms with Crippen molar-refractivity contribution in [3.05, 3.63) is 35.4 Å². The van der Waals surface area contributed by atoms with Gasteiger partial charge in [0.2, 0.25) is 0 Å². The van der Waals surface area contributed by atoms with Gasteiger partial charge in [0.05, 0.1) is 0 Å². The van der Waals surface area contributed by atoms with Crippen LogP contribution in [0.3, 0.4) is 0 Å². The van der Waals surface area contributed by atoms with Crippen LogP contribution in [0.5, 0.6) is 0 Å². The number of aliphatic imine (C=N–C) groups is 1. The number of rotatable bonds is 5. The molecule has 0 saturated carbocycles. The normalized spacial score (nSPS) is 11.3. The minimum atomic E-state index is -0.483. The average Bonchev–Trinajstić information content (AvgIpc) is 2.46. The molecule has 24 heavy (non-hydrogen) atoms. The van der Waals surface area contributed by atoms with E-state index in [2.05, 4.69) is 52.1 Å². The van der Waals surface area contributed by atoms with Gasteiger partial charge in [-0.05, 0) is 33.3 Å². The van der Waals surface area contributed by atoms with Crippen molar-refractivity contribution in [2.24, 2.45) is 4.99 Å². The van der Waals surface area contributed by atoms with Gasteiger partial charge in [0.15, 0.2) is 5.96 Å². The Hall–Kier alpha value is -1.51. The number of amides is 1. The monoisotopic (exact) mass is 448 g/mol. The van der Waals surface area contributed by atoms with E-state index in [0.717, 1.165) is 0 Å². The second-order valence-electron chi connectivity index (χ2n) is 6.27. The van der Waals surface area contributed by atoms with Gasteiger partial charge < -0.3 is 20.7 Å². The summed E-state index contributed by atoms with van der Waals surface area (Å²) in [6.45, 7) is 9.28. The summed E-state index contributed by atoms with van der Waals surface area (Å²) in [7, 11) is 1.71. The highest BCUT2D eigenvalue weighted by molar-refractivity contribution is 14.0. The van der Waals surface area contributed by atoms with Gasteiger partial charge in [-0.15, -0.1) is 24.0 Å². The van der Waals surface area contributed by atoms with Crippen LogP contribution in [0, 0.1) is 6.92 Å². The van der Waals surface area contributed by atoms with Crippen LogP contribution in [0.15, 0.2) is 29.3 Å². The average molecular weight is 448 g/mol. The molecule has 0 saturated heterocycles. The van der Waals surface area contributed by atoms with E-state index in [0.29, 0.717) is 25.6 Å². The third kappa shape index (κ3) is 10.3. The second kappa shape index (κ2) is 11.1. The molecule has 0 bridgehead atoms. The number of guanidine groups is 1. The zero-order valence-corrected chi connectivity index (χ0v) is 17.4. The van der Waals surface area contributed by atoms with Gasteiger partial charge >= 0.3 is 6.09 Å². The van der Waals surface area contributed by atoms with Gasteiger partial charge in [-0.2, -0.15) is 0 Å². The van der Waals surface area contributed by atoms with Crippen molar-refractivity contribution < 1.29 is 9.53 Å². The molecule has 7 heteroatoms. The standard InChI is InChI=1S/C17H28N4O2.HI/c1-13-6-8-14(9-7-13)12-21-15(18-5)19-10-11-20-16(22)23-17(2,3)4;/h6-9H,10-12H2,1-5H3,(H,20,22)(H2,18,19,21);1H. The first-order chi connectivity index (χ1) is 10.8. The number of carbonyl (C=O) groups is 1. The van der Waals surface area contributed by atoms with Gasteiger partial charge in [0.25, 0.3) is 0 Å². The molecule has 0 radical (unpaired) electrons. The number of hydrogen-bond donors (Lipinski definition) is 3. The highest BCUT2D eigenvalue weighted by Crippen LogP contribution is 2.06. The van der Waals surface area contributed by atoms with Gasteiger partial charge in [-0.3, -0.25) is 4.99 Å². The van der Waals surface area contributed by atoms with Crippen LogP contribution >= 0.6 is 24.0 Å². The lowest BCUT2D eigenvalue weighted by atomic mass is 10.1. The Labute approximate surface area is 161 Å². The number of nitrogens with zero attached hydrogens (tertiary/aromatic N) is 1. The van der Waals surface area contributed by atoms with Crippen molar-refractivity contribution in [1.29, 1.82) is 0 Å². The number of ether oxygens (including phenoxy) is 1. The van der Waals surface area contributed by atoms with Crippen LogP contribution in [0.1, 0.15) is 31.9 Å². The molecule has 6 nitrogen and oxygen atoms in total. The summed E-state index contributed by atoms with van der Waals surface area (Å²) in [5, 5.41) is 9.06.